The average molecular weight is 473 g/mol. The lowest BCUT2D eigenvalue weighted by atomic mass is 10.1. The maximum absolute atomic E-state index is 11.4. The van der Waals surface area contributed by atoms with Crippen LogP contribution in [0.2, 0.25) is 0 Å². The number of hydrogen-bond donors (Lipinski definition) is 4. The molecule has 4 N–H and O–H groups in total. The van der Waals surface area contributed by atoms with E-state index >= 15 is 0 Å². The van der Waals surface area contributed by atoms with Crippen LogP contribution < -0.4 is 21.3 Å². The average Bonchev–Trinajstić information content (AvgIpc) is 3.05. The molecule has 0 radical (unpaired) electrons. The van der Waals surface area contributed by atoms with E-state index in [0.29, 0.717) is 11.8 Å². The van der Waals surface area contributed by atoms with Gasteiger partial charge in [0.25, 0.3) is 0 Å². The Kier molecular flexibility index (Phi) is 14.0. The molecule has 2 aliphatic rings. The smallest absolute Gasteiger partial charge is 0.407 e. The first-order valence-corrected chi connectivity index (χ1v) is 10.2. The molecule has 0 aromatic rings. The van der Waals surface area contributed by atoms with Crippen molar-refractivity contribution < 1.29 is 19.1 Å². The minimum Gasteiger partial charge on any atom is -0.444 e. The second-order valence-electron chi connectivity index (χ2n) is 9.78. The van der Waals surface area contributed by atoms with Gasteiger partial charge in [0.1, 0.15) is 11.2 Å². The van der Waals surface area contributed by atoms with E-state index in [0.717, 1.165) is 26.2 Å². The minimum absolute atomic E-state index is 0. The van der Waals surface area contributed by atoms with Gasteiger partial charge in [0.2, 0.25) is 0 Å². The highest BCUT2D eigenvalue weighted by molar-refractivity contribution is 5.85. The van der Waals surface area contributed by atoms with Gasteiger partial charge in [-0.3, -0.25) is 0 Å². The van der Waals surface area contributed by atoms with Crippen molar-refractivity contribution in [1.82, 2.24) is 21.3 Å². The van der Waals surface area contributed by atoms with Gasteiger partial charge < -0.3 is 30.7 Å². The Bertz CT molecular complexity index is 478. The van der Waals surface area contributed by atoms with E-state index in [1.165, 1.54) is 0 Å². The van der Waals surface area contributed by atoms with E-state index in [1.807, 2.05) is 41.5 Å². The summed E-state index contributed by atoms with van der Waals surface area (Å²) in [5.41, 5.74) is -0.835. The Morgan fingerprint density at radius 3 is 1.20 bits per heavy atom. The highest BCUT2D eigenvalue weighted by Crippen LogP contribution is 2.11. The highest BCUT2D eigenvalue weighted by atomic mass is 35.5. The topological polar surface area (TPSA) is 101 Å². The Labute approximate surface area is 194 Å². The number of hydrogen-bond acceptors (Lipinski definition) is 6. The molecule has 2 fully saturated rings. The number of amides is 2. The molecule has 0 aliphatic carbocycles. The molecule has 0 aromatic heterocycles. The van der Waals surface area contributed by atoms with E-state index in [9.17, 15) is 9.59 Å². The van der Waals surface area contributed by atoms with E-state index in [1.54, 1.807) is 0 Å². The molecule has 180 valence electrons. The predicted octanol–water partition coefficient (Wildman–Crippen LogP) is 3.08. The van der Waals surface area contributed by atoms with Crippen LogP contribution in [0.1, 0.15) is 55.4 Å². The van der Waals surface area contributed by atoms with Crippen molar-refractivity contribution in [2.45, 2.75) is 78.7 Å². The lowest BCUT2D eigenvalue weighted by Gasteiger charge is -2.22. The second kappa shape index (κ2) is 13.5. The highest BCUT2D eigenvalue weighted by Gasteiger charge is 2.27. The monoisotopic (exact) mass is 472 g/mol. The van der Waals surface area contributed by atoms with Crippen LogP contribution in [0.5, 0.6) is 0 Å². The van der Waals surface area contributed by atoms with Crippen LogP contribution in [0.15, 0.2) is 0 Å². The summed E-state index contributed by atoms with van der Waals surface area (Å²) in [5.74, 6) is 0.949. The lowest BCUT2D eigenvalue weighted by Crippen LogP contribution is -2.42. The molecular weight excluding hydrogens is 431 g/mol. The molecule has 2 rings (SSSR count). The fourth-order valence-electron chi connectivity index (χ4n) is 2.92. The van der Waals surface area contributed by atoms with Crippen molar-refractivity contribution >= 4 is 37.0 Å². The van der Waals surface area contributed by atoms with Gasteiger partial charge in [0, 0.05) is 25.2 Å². The van der Waals surface area contributed by atoms with Gasteiger partial charge in [0.05, 0.1) is 0 Å². The minimum atomic E-state index is -0.417. The van der Waals surface area contributed by atoms with Crippen molar-refractivity contribution in [3.63, 3.8) is 0 Å². The lowest BCUT2D eigenvalue weighted by molar-refractivity contribution is 0.0487. The van der Waals surface area contributed by atoms with E-state index in [2.05, 4.69) is 35.1 Å². The van der Waals surface area contributed by atoms with Crippen LogP contribution in [-0.2, 0) is 9.47 Å². The molecule has 0 bridgehead atoms. The number of carbonyl (C=O) groups is 2. The zero-order chi connectivity index (χ0) is 21.5. The zero-order valence-electron chi connectivity index (χ0n) is 19.6. The first-order chi connectivity index (χ1) is 12.8. The van der Waals surface area contributed by atoms with Gasteiger partial charge in [-0.2, -0.15) is 0 Å². The van der Waals surface area contributed by atoms with Crippen molar-refractivity contribution in [2.24, 2.45) is 11.8 Å². The van der Waals surface area contributed by atoms with E-state index in [4.69, 9.17) is 9.47 Å². The molecule has 2 aliphatic heterocycles. The molecule has 8 nitrogen and oxygen atoms in total. The first kappa shape index (κ1) is 31.2. The zero-order valence-corrected chi connectivity index (χ0v) is 21.2. The number of nitrogens with one attached hydrogen (secondary N) is 4. The second-order valence-corrected chi connectivity index (χ2v) is 9.78. The molecule has 0 saturated carbocycles. The summed E-state index contributed by atoms with van der Waals surface area (Å²) in [5, 5.41) is 12.2. The van der Waals surface area contributed by atoms with Crippen LogP contribution in [0, 0.1) is 11.8 Å². The largest absolute Gasteiger partial charge is 0.444 e. The summed E-state index contributed by atoms with van der Waals surface area (Å²) in [6.07, 6.45) is -0.642. The number of alkyl carbamates (subject to hydrolysis) is 2. The maximum atomic E-state index is 11.4. The summed E-state index contributed by atoms with van der Waals surface area (Å²) in [6.45, 7) is 19.0. The van der Waals surface area contributed by atoms with Gasteiger partial charge in [0.15, 0.2) is 0 Å². The van der Waals surface area contributed by atoms with Gasteiger partial charge in [-0.15, -0.1) is 24.8 Å². The molecule has 0 aromatic carbocycles. The van der Waals surface area contributed by atoms with Crippen LogP contribution in [0.4, 0.5) is 9.59 Å². The third kappa shape index (κ3) is 13.4. The summed E-state index contributed by atoms with van der Waals surface area (Å²) in [7, 11) is 0. The van der Waals surface area contributed by atoms with Gasteiger partial charge in [-0.05, 0) is 66.5 Å². The van der Waals surface area contributed by atoms with Crippen LogP contribution in [0.25, 0.3) is 0 Å². The first-order valence-electron chi connectivity index (χ1n) is 10.2. The Balaban J connectivity index is 0. The van der Waals surface area contributed by atoms with Crippen molar-refractivity contribution in [1.29, 1.82) is 0 Å². The molecule has 0 unspecified atom stereocenters. The molecule has 2 saturated heterocycles. The van der Waals surface area contributed by atoms with Crippen molar-refractivity contribution in [2.75, 3.05) is 26.2 Å². The quantitative estimate of drug-likeness (QED) is 0.492. The Hall–Kier alpha value is -0.960. The standard InChI is InChI=1S/2C10H20N2O2.2ClH/c2*1-7-5-11-6-8(7)12-9(13)14-10(2,3)4;;/h2*7-8,11H,5-6H2,1-4H3,(H,12,13);2*1H/t2*7-,8-;;/m10../s1. The third-order valence-electron chi connectivity index (χ3n) is 4.44. The SMILES string of the molecule is C[C@@H]1CNC[C@H]1NC(=O)OC(C)(C)C.C[C@H]1CNC[C@@H]1NC(=O)OC(C)(C)C.Cl.Cl. The van der Waals surface area contributed by atoms with Gasteiger partial charge in [-0.25, -0.2) is 9.59 Å². The van der Waals surface area contributed by atoms with Gasteiger partial charge in [-0.1, -0.05) is 13.8 Å². The summed E-state index contributed by atoms with van der Waals surface area (Å²) >= 11 is 0. The van der Waals surface area contributed by atoms with Crippen LogP contribution in [0.3, 0.4) is 0 Å². The molecule has 4 atom stereocenters. The van der Waals surface area contributed by atoms with Crippen LogP contribution >= 0.6 is 24.8 Å². The van der Waals surface area contributed by atoms with E-state index in [-0.39, 0.29) is 49.1 Å². The molecule has 2 amide bonds. The molecule has 2 heterocycles. The maximum Gasteiger partial charge on any atom is 0.407 e. The summed E-state index contributed by atoms with van der Waals surface area (Å²) < 4.78 is 10.3. The van der Waals surface area contributed by atoms with Crippen LogP contribution in [-0.4, -0.2) is 61.7 Å². The van der Waals surface area contributed by atoms with Crippen molar-refractivity contribution in [3.8, 4) is 0 Å². The number of carbonyl (C=O) groups excluding carboxylic acids is 2. The Morgan fingerprint density at radius 2 is 1.00 bits per heavy atom. The van der Waals surface area contributed by atoms with E-state index < -0.39 is 11.2 Å². The molecule has 10 heteroatoms. The number of rotatable bonds is 2. The third-order valence-corrected chi connectivity index (χ3v) is 4.44. The fourth-order valence-corrected chi connectivity index (χ4v) is 2.92. The molecule has 30 heavy (non-hydrogen) atoms. The fraction of sp³-hybridized carbons (Fsp3) is 0.900. The molecular formula is C20H42Cl2N4O4. The predicted molar refractivity (Wildman–Crippen MR) is 125 cm³/mol. The normalized spacial score (nSPS) is 25.6. The van der Waals surface area contributed by atoms with Gasteiger partial charge >= 0.3 is 12.2 Å². The summed E-state index contributed by atoms with van der Waals surface area (Å²) in [6, 6.07) is 0.398. The van der Waals surface area contributed by atoms with Crippen molar-refractivity contribution in [3.05, 3.63) is 0 Å². The number of ether oxygens (including phenoxy) is 2. The Morgan fingerprint density at radius 1 is 0.700 bits per heavy atom. The summed E-state index contributed by atoms with van der Waals surface area (Å²) in [4.78, 5) is 22.8. The molecule has 0 spiro atoms. The number of halogens is 2.